The van der Waals surface area contributed by atoms with E-state index in [9.17, 15) is 4.79 Å². The molecule has 0 spiro atoms. The summed E-state index contributed by atoms with van der Waals surface area (Å²) in [4.78, 5) is 11.1. The van der Waals surface area contributed by atoms with Crippen LogP contribution in [0.15, 0.2) is 0 Å². The van der Waals surface area contributed by atoms with Crippen LogP contribution in [-0.4, -0.2) is 11.5 Å². The first-order chi connectivity index (χ1) is 5.69. The van der Waals surface area contributed by atoms with Gasteiger partial charge in [-0.15, -0.1) is 0 Å². The summed E-state index contributed by atoms with van der Waals surface area (Å²) in [5, 5.41) is 24.3. The Balaban J connectivity index is 2.78. The van der Waals surface area contributed by atoms with Crippen LogP contribution in [-0.2, 0) is 4.79 Å². The average Bonchev–Trinajstić information content (AvgIpc) is 2.08. The van der Waals surface area contributed by atoms with Gasteiger partial charge in [-0.3, -0.25) is 4.79 Å². The highest BCUT2D eigenvalue weighted by Gasteiger charge is 2.32. The third-order valence-electron chi connectivity index (χ3n) is 1.95. The number of rotatable bonds is 0. The summed E-state index contributed by atoms with van der Waals surface area (Å²) in [5.74, 6) is -1.50. The zero-order chi connectivity index (χ0) is 9.14. The van der Waals surface area contributed by atoms with Gasteiger partial charge in [-0.25, -0.2) is 0 Å². The molecule has 4 heteroatoms. The Morgan fingerprint density at radius 3 is 2.33 bits per heavy atom. The minimum absolute atomic E-state index is 0.0353. The molecule has 1 N–H and O–H groups in total. The molecule has 0 aromatic heterocycles. The van der Waals surface area contributed by atoms with Crippen LogP contribution in [0.3, 0.4) is 0 Å². The van der Waals surface area contributed by atoms with Crippen LogP contribution >= 0.6 is 0 Å². The molecule has 0 aromatic rings. The molecule has 2 unspecified atom stereocenters. The van der Waals surface area contributed by atoms with E-state index >= 15 is 0 Å². The predicted octanol–water partition coefficient (Wildman–Crippen LogP) is 0.649. The fourth-order valence-electron chi connectivity index (χ4n) is 1.18. The Labute approximate surface area is 69.9 Å². The predicted molar refractivity (Wildman–Crippen MR) is 40.2 cm³/mol. The third-order valence-corrected chi connectivity index (χ3v) is 1.95. The molecule has 0 aromatic carbocycles. The first-order valence-electron chi connectivity index (χ1n) is 3.58. The van der Waals surface area contributed by atoms with Gasteiger partial charge >= 0.3 is 0 Å². The number of hydrogen-bond donors (Lipinski definition) is 1. The first-order valence-corrected chi connectivity index (χ1v) is 3.58. The number of nitrogens with one attached hydrogen (secondary N) is 1. The summed E-state index contributed by atoms with van der Waals surface area (Å²) in [5.41, 5.74) is 0.212. The lowest BCUT2D eigenvalue weighted by Crippen LogP contribution is -2.30. The van der Waals surface area contributed by atoms with Gasteiger partial charge in [0.05, 0.1) is 18.1 Å². The third kappa shape index (κ3) is 1.33. The van der Waals surface area contributed by atoms with Crippen LogP contribution in [0.4, 0.5) is 0 Å². The van der Waals surface area contributed by atoms with Crippen molar-refractivity contribution in [1.82, 2.24) is 0 Å². The van der Waals surface area contributed by atoms with Crippen molar-refractivity contribution in [1.29, 1.82) is 15.9 Å². The molecule has 12 heavy (non-hydrogen) atoms. The van der Waals surface area contributed by atoms with Gasteiger partial charge in [0.25, 0.3) is 0 Å². The van der Waals surface area contributed by atoms with Gasteiger partial charge in [0.1, 0.15) is 5.92 Å². The van der Waals surface area contributed by atoms with Crippen LogP contribution < -0.4 is 0 Å². The highest BCUT2D eigenvalue weighted by molar-refractivity contribution is 6.00. The quantitative estimate of drug-likeness (QED) is 0.565. The van der Waals surface area contributed by atoms with Crippen molar-refractivity contribution >= 4 is 11.5 Å². The largest absolute Gasteiger partial charge is 0.308 e. The highest BCUT2D eigenvalue weighted by atomic mass is 16.1. The molecule has 0 heterocycles. The van der Waals surface area contributed by atoms with Gasteiger partial charge in [0.2, 0.25) is 0 Å². The van der Waals surface area contributed by atoms with Crippen molar-refractivity contribution in [2.45, 2.75) is 12.8 Å². The SMILES string of the molecule is N#CC1CC(=O)C(C#N)CC1=N. The van der Waals surface area contributed by atoms with Gasteiger partial charge in [-0.1, -0.05) is 0 Å². The molecule has 0 bridgehead atoms. The van der Waals surface area contributed by atoms with E-state index in [2.05, 4.69) is 0 Å². The van der Waals surface area contributed by atoms with Gasteiger partial charge in [0.15, 0.2) is 5.78 Å². The average molecular weight is 161 g/mol. The van der Waals surface area contributed by atoms with E-state index in [1.807, 2.05) is 12.1 Å². The van der Waals surface area contributed by atoms with E-state index < -0.39 is 11.8 Å². The lowest BCUT2D eigenvalue weighted by Gasteiger charge is -2.19. The Hall–Kier alpha value is -1.68. The van der Waals surface area contributed by atoms with Crippen LogP contribution in [0.2, 0.25) is 0 Å². The fourth-order valence-corrected chi connectivity index (χ4v) is 1.18. The molecule has 1 saturated carbocycles. The molecule has 1 aliphatic rings. The Morgan fingerprint density at radius 2 is 1.83 bits per heavy atom. The maximum Gasteiger partial charge on any atom is 0.152 e. The molecule has 60 valence electrons. The number of ketones is 1. The summed E-state index contributed by atoms with van der Waals surface area (Å²) in [6, 6.07) is 3.70. The van der Waals surface area contributed by atoms with Gasteiger partial charge in [0, 0.05) is 18.6 Å². The molecule has 4 nitrogen and oxygen atoms in total. The molecule has 0 radical (unpaired) electrons. The van der Waals surface area contributed by atoms with Gasteiger partial charge < -0.3 is 5.41 Å². The second kappa shape index (κ2) is 3.15. The molecule has 0 amide bonds. The first kappa shape index (κ1) is 8.42. The molecular weight excluding hydrogens is 154 g/mol. The Bertz CT molecular complexity index is 275. The number of hydrogen-bond acceptors (Lipinski definition) is 4. The summed E-state index contributed by atoms with van der Waals surface area (Å²) in [6.45, 7) is 0. The van der Waals surface area contributed by atoms with E-state index in [4.69, 9.17) is 15.9 Å². The zero-order valence-corrected chi connectivity index (χ0v) is 6.37. The van der Waals surface area contributed by atoms with Crippen molar-refractivity contribution in [2.24, 2.45) is 11.8 Å². The highest BCUT2D eigenvalue weighted by Crippen LogP contribution is 2.21. The topological polar surface area (TPSA) is 88.5 Å². The lowest BCUT2D eigenvalue weighted by atomic mass is 9.81. The number of carbonyl (C=O) groups excluding carboxylic acids is 1. The molecule has 2 atom stereocenters. The van der Waals surface area contributed by atoms with Crippen LogP contribution in [0.5, 0.6) is 0 Å². The monoisotopic (exact) mass is 161 g/mol. The van der Waals surface area contributed by atoms with Crippen molar-refractivity contribution in [3.05, 3.63) is 0 Å². The number of nitriles is 2. The molecule has 1 aliphatic carbocycles. The van der Waals surface area contributed by atoms with E-state index in [0.717, 1.165) is 0 Å². The standard InChI is InChI=1S/C8H7N3O/c9-3-5-2-8(12)6(4-10)1-7(5)11/h5-6,11H,1-2H2. The van der Waals surface area contributed by atoms with Crippen LogP contribution in [0.1, 0.15) is 12.8 Å². The Kier molecular flexibility index (Phi) is 2.21. The van der Waals surface area contributed by atoms with Gasteiger partial charge in [-0.05, 0) is 0 Å². The summed E-state index contributed by atoms with van der Waals surface area (Å²) >= 11 is 0. The van der Waals surface area contributed by atoms with Crippen molar-refractivity contribution in [3.8, 4) is 12.1 Å². The minimum Gasteiger partial charge on any atom is -0.308 e. The minimum atomic E-state index is -0.693. The number of carbonyl (C=O) groups is 1. The number of nitrogens with zero attached hydrogens (tertiary/aromatic N) is 2. The summed E-state index contributed by atoms with van der Waals surface area (Å²) in [7, 11) is 0. The normalized spacial score (nSPS) is 29.2. The van der Waals surface area contributed by atoms with Crippen molar-refractivity contribution < 1.29 is 4.79 Å². The summed E-state index contributed by atoms with van der Waals surface area (Å²) < 4.78 is 0. The van der Waals surface area contributed by atoms with Crippen LogP contribution in [0.25, 0.3) is 0 Å². The van der Waals surface area contributed by atoms with E-state index in [1.54, 1.807) is 0 Å². The van der Waals surface area contributed by atoms with Gasteiger partial charge in [-0.2, -0.15) is 10.5 Å². The smallest absolute Gasteiger partial charge is 0.152 e. The molecule has 0 aliphatic heterocycles. The van der Waals surface area contributed by atoms with Crippen LogP contribution in [0, 0.1) is 39.9 Å². The molecular formula is C8H7N3O. The van der Waals surface area contributed by atoms with Crippen molar-refractivity contribution in [2.75, 3.05) is 0 Å². The molecule has 1 rings (SSSR count). The summed E-state index contributed by atoms with van der Waals surface area (Å²) in [6.07, 6.45) is 0.168. The fraction of sp³-hybridized carbons (Fsp3) is 0.500. The zero-order valence-electron chi connectivity index (χ0n) is 6.37. The second-order valence-corrected chi connectivity index (χ2v) is 2.76. The number of Topliss-reactive ketones (excluding diaryl/α,β-unsaturated/α-hetero) is 1. The maximum absolute atomic E-state index is 11.1. The van der Waals surface area contributed by atoms with E-state index in [-0.39, 0.29) is 24.3 Å². The lowest BCUT2D eigenvalue weighted by molar-refractivity contribution is -0.121. The van der Waals surface area contributed by atoms with Crippen molar-refractivity contribution in [3.63, 3.8) is 0 Å². The second-order valence-electron chi connectivity index (χ2n) is 2.76. The van der Waals surface area contributed by atoms with E-state index in [0.29, 0.717) is 0 Å². The molecule has 1 fully saturated rings. The Morgan fingerprint density at radius 1 is 1.25 bits per heavy atom. The maximum atomic E-state index is 11.1. The van der Waals surface area contributed by atoms with E-state index in [1.165, 1.54) is 0 Å². The molecule has 0 saturated heterocycles.